The Kier molecular flexibility index (Phi) is 3.30. The van der Waals surface area contributed by atoms with Gasteiger partial charge in [0.2, 0.25) is 0 Å². The number of aryl methyl sites for hydroxylation is 2. The van der Waals surface area contributed by atoms with Crippen LogP contribution in [0.2, 0.25) is 0 Å². The van der Waals surface area contributed by atoms with E-state index in [9.17, 15) is 4.79 Å². The third-order valence-corrected chi connectivity index (χ3v) is 3.90. The van der Waals surface area contributed by atoms with Crippen molar-refractivity contribution in [3.05, 3.63) is 76.3 Å². The number of nitrogens with zero attached hydrogens (tertiary/aromatic N) is 4. The van der Waals surface area contributed by atoms with Crippen molar-refractivity contribution >= 4 is 11.1 Å². The Hall–Kier alpha value is -3.15. The van der Waals surface area contributed by atoms with Gasteiger partial charge in [-0.25, -0.2) is 14.5 Å². The minimum absolute atomic E-state index is 0.296. The van der Waals surface area contributed by atoms with Crippen molar-refractivity contribution in [1.82, 2.24) is 19.3 Å². The Balaban J connectivity index is 1.83. The summed E-state index contributed by atoms with van der Waals surface area (Å²) in [4.78, 5) is 16.7. The first-order valence-electron chi connectivity index (χ1n) is 7.70. The van der Waals surface area contributed by atoms with Crippen molar-refractivity contribution in [2.24, 2.45) is 0 Å². The number of benzene rings is 2. The van der Waals surface area contributed by atoms with Gasteiger partial charge in [0.05, 0.1) is 17.7 Å². The maximum atomic E-state index is 12.2. The maximum absolute atomic E-state index is 12.2. The molecule has 120 valence electrons. The number of aromatic nitrogens is 4. The smallest absolute Gasteiger partial charge is 0.408 e. The Morgan fingerprint density at radius 1 is 1.08 bits per heavy atom. The molecule has 0 bridgehead atoms. The largest absolute Gasteiger partial charge is 0.420 e. The third kappa shape index (κ3) is 2.42. The molecule has 0 aliphatic rings. The lowest BCUT2D eigenvalue weighted by molar-refractivity contribution is 0.512. The first-order chi connectivity index (χ1) is 11.6. The number of oxazole rings is 1. The first kappa shape index (κ1) is 14.4. The highest BCUT2D eigenvalue weighted by atomic mass is 16.4. The predicted molar refractivity (Wildman–Crippen MR) is 90.4 cm³/mol. The summed E-state index contributed by atoms with van der Waals surface area (Å²) in [6.07, 6.45) is 0. The van der Waals surface area contributed by atoms with Gasteiger partial charge in [-0.1, -0.05) is 24.3 Å². The molecule has 2 aromatic carbocycles. The highest BCUT2D eigenvalue weighted by molar-refractivity contribution is 5.72. The number of para-hydroxylation sites is 2. The second-order valence-corrected chi connectivity index (χ2v) is 5.75. The fourth-order valence-corrected chi connectivity index (χ4v) is 2.83. The number of hydrogen-bond donors (Lipinski definition) is 0. The van der Waals surface area contributed by atoms with Gasteiger partial charge >= 0.3 is 5.76 Å². The number of hydrogen-bond acceptors (Lipinski definition) is 4. The normalized spacial score (nSPS) is 11.2. The van der Waals surface area contributed by atoms with E-state index >= 15 is 0 Å². The second-order valence-electron chi connectivity index (χ2n) is 5.75. The van der Waals surface area contributed by atoms with E-state index in [0.717, 1.165) is 16.8 Å². The van der Waals surface area contributed by atoms with Crippen LogP contribution in [0.5, 0.6) is 0 Å². The molecule has 0 fully saturated rings. The van der Waals surface area contributed by atoms with E-state index in [-0.39, 0.29) is 0 Å². The van der Waals surface area contributed by atoms with E-state index in [2.05, 4.69) is 10.1 Å². The topological polar surface area (TPSA) is 65.8 Å². The summed E-state index contributed by atoms with van der Waals surface area (Å²) >= 11 is 0. The zero-order chi connectivity index (χ0) is 16.7. The molecule has 24 heavy (non-hydrogen) atoms. The van der Waals surface area contributed by atoms with Gasteiger partial charge in [0.15, 0.2) is 11.4 Å². The fourth-order valence-electron chi connectivity index (χ4n) is 2.83. The molecule has 4 rings (SSSR count). The predicted octanol–water partition coefficient (Wildman–Crippen LogP) is 2.84. The lowest BCUT2D eigenvalue weighted by Crippen LogP contribution is -2.18. The van der Waals surface area contributed by atoms with E-state index in [1.807, 2.05) is 56.3 Å². The monoisotopic (exact) mass is 320 g/mol. The molecule has 6 heteroatoms. The lowest BCUT2D eigenvalue weighted by Gasteiger charge is -2.07. The molecule has 4 aromatic rings. The molecule has 0 aliphatic heterocycles. The zero-order valence-electron chi connectivity index (χ0n) is 13.4. The molecule has 0 N–H and O–H groups in total. The van der Waals surface area contributed by atoms with E-state index < -0.39 is 5.76 Å². The quantitative estimate of drug-likeness (QED) is 0.582. The van der Waals surface area contributed by atoms with Crippen LogP contribution >= 0.6 is 0 Å². The average Bonchev–Trinajstić information content (AvgIpc) is 3.08. The SMILES string of the molecule is Cc1cccc(-n2nc(C)nc2Cn2c(=O)oc3ccccc32)c1. The van der Waals surface area contributed by atoms with Crippen LogP contribution in [0.1, 0.15) is 17.2 Å². The number of fused-ring (bicyclic) bond motifs is 1. The molecule has 0 saturated heterocycles. The summed E-state index contributed by atoms with van der Waals surface area (Å²) < 4.78 is 8.64. The van der Waals surface area contributed by atoms with Crippen LogP contribution in [-0.2, 0) is 6.54 Å². The molecule has 0 spiro atoms. The van der Waals surface area contributed by atoms with Crippen molar-refractivity contribution < 1.29 is 4.42 Å². The molecular formula is C18H16N4O2. The summed E-state index contributed by atoms with van der Waals surface area (Å²) in [6, 6.07) is 15.4. The summed E-state index contributed by atoms with van der Waals surface area (Å²) in [5.41, 5.74) is 3.38. The second kappa shape index (κ2) is 5.49. The molecule has 0 aliphatic carbocycles. The molecule has 0 amide bonds. The molecule has 0 saturated carbocycles. The summed E-state index contributed by atoms with van der Waals surface area (Å²) in [5.74, 6) is 0.951. The van der Waals surface area contributed by atoms with Gasteiger partial charge in [0.25, 0.3) is 0 Å². The molecule has 0 radical (unpaired) electrons. The Morgan fingerprint density at radius 2 is 1.92 bits per heavy atom. The summed E-state index contributed by atoms with van der Waals surface area (Å²) in [5, 5.41) is 4.47. The molecule has 0 unspecified atom stereocenters. The molecule has 0 atom stereocenters. The van der Waals surface area contributed by atoms with Crippen molar-refractivity contribution in [2.75, 3.05) is 0 Å². The van der Waals surface area contributed by atoms with Crippen LogP contribution in [0.4, 0.5) is 0 Å². The van der Waals surface area contributed by atoms with Gasteiger partial charge in [-0.15, -0.1) is 0 Å². The van der Waals surface area contributed by atoms with Gasteiger partial charge < -0.3 is 4.42 Å². The standard InChI is InChI=1S/C18H16N4O2/c1-12-6-5-7-14(10-12)22-17(19-13(2)20-22)11-21-15-8-3-4-9-16(15)24-18(21)23/h3-10H,11H2,1-2H3. The first-order valence-corrected chi connectivity index (χ1v) is 7.70. The van der Waals surface area contributed by atoms with Crippen LogP contribution < -0.4 is 5.76 Å². The van der Waals surface area contributed by atoms with Crippen molar-refractivity contribution in [2.45, 2.75) is 20.4 Å². The Labute approximate surface area is 138 Å². The molecule has 2 heterocycles. The molecule has 2 aromatic heterocycles. The highest BCUT2D eigenvalue weighted by Crippen LogP contribution is 2.16. The van der Waals surface area contributed by atoms with Crippen LogP contribution in [0.15, 0.2) is 57.7 Å². The Morgan fingerprint density at radius 3 is 2.75 bits per heavy atom. The van der Waals surface area contributed by atoms with E-state index in [4.69, 9.17) is 4.42 Å². The van der Waals surface area contributed by atoms with Crippen LogP contribution in [0.3, 0.4) is 0 Å². The third-order valence-electron chi connectivity index (χ3n) is 3.90. The van der Waals surface area contributed by atoms with Gasteiger partial charge in [-0.2, -0.15) is 5.10 Å². The molecule has 6 nitrogen and oxygen atoms in total. The summed E-state index contributed by atoms with van der Waals surface area (Å²) in [7, 11) is 0. The van der Waals surface area contributed by atoms with Crippen LogP contribution in [0, 0.1) is 13.8 Å². The minimum atomic E-state index is -0.396. The summed E-state index contributed by atoms with van der Waals surface area (Å²) in [6.45, 7) is 4.16. The van der Waals surface area contributed by atoms with Crippen molar-refractivity contribution in [1.29, 1.82) is 0 Å². The number of rotatable bonds is 3. The lowest BCUT2D eigenvalue weighted by atomic mass is 10.2. The maximum Gasteiger partial charge on any atom is 0.420 e. The van der Waals surface area contributed by atoms with Gasteiger partial charge in [-0.3, -0.25) is 4.57 Å². The van der Waals surface area contributed by atoms with Crippen molar-refractivity contribution in [3.8, 4) is 5.69 Å². The van der Waals surface area contributed by atoms with E-state index in [1.54, 1.807) is 15.3 Å². The molecular weight excluding hydrogens is 304 g/mol. The van der Waals surface area contributed by atoms with Crippen LogP contribution in [0.25, 0.3) is 16.8 Å². The van der Waals surface area contributed by atoms with Gasteiger partial charge in [0.1, 0.15) is 5.82 Å². The minimum Gasteiger partial charge on any atom is -0.408 e. The zero-order valence-corrected chi connectivity index (χ0v) is 13.4. The van der Waals surface area contributed by atoms with Crippen molar-refractivity contribution in [3.63, 3.8) is 0 Å². The van der Waals surface area contributed by atoms with Gasteiger partial charge in [0, 0.05) is 0 Å². The van der Waals surface area contributed by atoms with E-state index in [0.29, 0.717) is 23.8 Å². The van der Waals surface area contributed by atoms with E-state index in [1.165, 1.54) is 0 Å². The van der Waals surface area contributed by atoms with Gasteiger partial charge in [-0.05, 0) is 43.7 Å². The fraction of sp³-hybridized carbons (Fsp3) is 0.167. The highest BCUT2D eigenvalue weighted by Gasteiger charge is 2.15. The van der Waals surface area contributed by atoms with Crippen LogP contribution in [-0.4, -0.2) is 19.3 Å². The average molecular weight is 320 g/mol. The Bertz CT molecular complexity index is 1090.